The van der Waals surface area contributed by atoms with Crippen molar-refractivity contribution in [2.45, 2.75) is 39.7 Å². The highest BCUT2D eigenvalue weighted by atomic mass is 16.1. The van der Waals surface area contributed by atoms with E-state index in [0.717, 1.165) is 18.8 Å². The molecule has 1 N–H and O–H groups in total. The second kappa shape index (κ2) is 8.86. The summed E-state index contributed by atoms with van der Waals surface area (Å²) < 4.78 is 0. The number of amides is 1. The summed E-state index contributed by atoms with van der Waals surface area (Å²) in [4.78, 5) is 23.4. The molecule has 29 heavy (non-hydrogen) atoms. The molecule has 1 aromatic heterocycles. The second-order valence-electron chi connectivity index (χ2n) is 8.05. The Kier molecular flexibility index (Phi) is 6.27. The molecule has 0 aliphatic heterocycles. The second-order valence-corrected chi connectivity index (χ2v) is 8.05. The van der Waals surface area contributed by atoms with Crippen LogP contribution in [-0.2, 0) is 12.0 Å². The first-order valence-electron chi connectivity index (χ1n) is 9.89. The number of hydrogen-bond acceptors (Lipinski definition) is 4. The van der Waals surface area contributed by atoms with E-state index in [2.05, 4.69) is 60.0 Å². The SMILES string of the molecule is CCN(Cc1ccccc1)c1ncc(C(=O)Nc2ccc(C(C)(C)C)cc2)cn1. The van der Waals surface area contributed by atoms with Crippen molar-refractivity contribution in [3.63, 3.8) is 0 Å². The molecule has 3 rings (SSSR count). The van der Waals surface area contributed by atoms with Crippen molar-refractivity contribution < 1.29 is 4.79 Å². The summed E-state index contributed by atoms with van der Waals surface area (Å²) in [5.74, 6) is 0.397. The monoisotopic (exact) mass is 388 g/mol. The molecule has 2 aromatic carbocycles. The average molecular weight is 389 g/mol. The summed E-state index contributed by atoms with van der Waals surface area (Å²) in [6, 6.07) is 18.1. The number of nitrogens with zero attached hydrogens (tertiary/aromatic N) is 3. The number of anilines is 2. The third-order valence-electron chi connectivity index (χ3n) is 4.79. The van der Waals surface area contributed by atoms with E-state index in [1.165, 1.54) is 11.1 Å². The Bertz CT molecular complexity index is 929. The lowest BCUT2D eigenvalue weighted by Crippen LogP contribution is -2.24. The van der Waals surface area contributed by atoms with Crippen molar-refractivity contribution in [2.75, 3.05) is 16.8 Å². The Balaban J connectivity index is 1.66. The van der Waals surface area contributed by atoms with Gasteiger partial charge in [-0.3, -0.25) is 4.79 Å². The highest BCUT2D eigenvalue weighted by Crippen LogP contribution is 2.23. The smallest absolute Gasteiger partial charge is 0.258 e. The predicted molar refractivity (Wildman–Crippen MR) is 118 cm³/mol. The summed E-state index contributed by atoms with van der Waals surface area (Å²) in [5, 5.41) is 2.91. The molecule has 5 nitrogen and oxygen atoms in total. The number of carbonyl (C=O) groups is 1. The van der Waals surface area contributed by atoms with Gasteiger partial charge >= 0.3 is 0 Å². The molecular formula is C24H28N4O. The number of carbonyl (C=O) groups excluding carboxylic acids is 1. The molecule has 0 aliphatic rings. The number of aromatic nitrogens is 2. The van der Waals surface area contributed by atoms with Crippen molar-refractivity contribution in [3.8, 4) is 0 Å². The molecule has 0 atom stereocenters. The first-order valence-corrected chi connectivity index (χ1v) is 9.89. The molecular weight excluding hydrogens is 360 g/mol. The molecule has 0 radical (unpaired) electrons. The van der Waals surface area contributed by atoms with E-state index in [1.807, 2.05) is 42.5 Å². The van der Waals surface area contributed by atoms with Gasteiger partial charge in [0.05, 0.1) is 5.56 Å². The standard InChI is InChI=1S/C24H28N4O/c1-5-28(17-18-9-7-6-8-10-18)23-25-15-19(16-26-23)22(29)27-21-13-11-20(12-14-21)24(2,3)4/h6-16H,5,17H2,1-4H3,(H,27,29). The van der Waals surface area contributed by atoms with Crippen molar-refractivity contribution >= 4 is 17.5 Å². The van der Waals surface area contributed by atoms with Crippen LogP contribution in [0.1, 0.15) is 49.2 Å². The van der Waals surface area contributed by atoms with Gasteiger partial charge in [0.1, 0.15) is 0 Å². The average Bonchev–Trinajstić information content (AvgIpc) is 2.72. The van der Waals surface area contributed by atoms with Gasteiger partial charge in [0, 0.05) is 31.2 Å². The molecule has 1 amide bonds. The maximum Gasteiger partial charge on any atom is 0.258 e. The van der Waals surface area contributed by atoms with Crippen LogP contribution in [0.2, 0.25) is 0 Å². The van der Waals surface area contributed by atoms with Gasteiger partial charge in [0.25, 0.3) is 5.91 Å². The number of rotatable bonds is 6. The maximum absolute atomic E-state index is 12.5. The fourth-order valence-electron chi connectivity index (χ4n) is 2.99. The lowest BCUT2D eigenvalue weighted by atomic mass is 9.87. The van der Waals surface area contributed by atoms with Crippen LogP contribution in [0, 0.1) is 0 Å². The van der Waals surface area contributed by atoms with Crippen LogP contribution in [0.5, 0.6) is 0 Å². The first-order chi connectivity index (χ1) is 13.9. The number of benzene rings is 2. The van der Waals surface area contributed by atoms with Crippen molar-refractivity contribution in [1.82, 2.24) is 9.97 Å². The Morgan fingerprint density at radius 3 is 2.14 bits per heavy atom. The van der Waals surface area contributed by atoms with Crippen LogP contribution in [0.3, 0.4) is 0 Å². The van der Waals surface area contributed by atoms with Gasteiger partial charge in [0.2, 0.25) is 5.95 Å². The summed E-state index contributed by atoms with van der Waals surface area (Å²) in [7, 11) is 0. The third-order valence-corrected chi connectivity index (χ3v) is 4.79. The molecule has 0 fully saturated rings. The zero-order valence-corrected chi connectivity index (χ0v) is 17.5. The molecule has 0 unspecified atom stereocenters. The Morgan fingerprint density at radius 2 is 1.59 bits per heavy atom. The van der Waals surface area contributed by atoms with Gasteiger partial charge in [-0.05, 0) is 35.6 Å². The molecule has 3 aromatic rings. The maximum atomic E-state index is 12.5. The molecule has 0 spiro atoms. The molecule has 0 aliphatic carbocycles. The zero-order chi connectivity index (χ0) is 20.9. The van der Waals surface area contributed by atoms with Crippen molar-refractivity contribution in [1.29, 1.82) is 0 Å². The van der Waals surface area contributed by atoms with E-state index >= 15 is 0 Å². The molecule has 5 heteroatoms. The van der Waals surface area contributed by atoms with Crippen LogP contribution in [0.15, 0.2) is 67.0 Å². The lowest BCUT2D eigenvalue weighted by Gasteiger charge is -2.21. The number of hydrogen-bond donors (Lipinski definition) is 1. The summed E-state index contributed by atoms with van der Waals surface area (Å²) in [6.07, 6.45) is 3.16. The summed E-state index contributed by atoms with van der Waals surface area (Å²) >= 11 is 0. The Morgan fingerprint density at radius 1 is 0.966 bits per heavy atom. The molecule has 1 heterocycles. The molecule has 0 bridgehead atoms. The summed E-state index contributed by atoms with van der Waals surface area (Å²) in [6.45, 7) is 10.1. The fraction of sp³-hybridized carbons (Fsp3) is 0.292. The van der Waals surface area contributed by atoms with Gasteiger partial charge < -0.3 is 10.2 Å². The van der Waals surface area contributed by atoms with Crippen LogP contribution >= 0.6 is 0 Å². The minimum atomic E-state index is -0.217. The third kappa shape index (κ3) is 5.41. The van der Waals surface area contributed by atoms with Gasteiger partial charge in [-0.25, -0.2) is 9.97 Å². The van der Waals surface area contributed by atoms with E-state index in [-0.39, 0.29) is 11.3 Å². The quantitative estimate of drug-likeness (QED) is 0.642. The van der Waals surface area contributed by atoms with Gasteiger partial charge in [0.15, 0.2) is 0 Å². The minimum absolute atomic E-state index is 0.0805. The van der Waals surface area contributed by atoms with Crippen LogP contribution < -0.4 is 10.2 Å². The fourth-order valence-corrected chi connectivity index (χ4v) is 2.99. The van der Waals surface area contributed by atoms with E-state index in [4.69, 9.17) is 0 Å². The molecule has 150 valence electrons. The first kappa shape index (κ1) is 20.5. The van der Waals surface area contributed by atoms with Crippen LogP contribution in [0.25, 0.3) is 0 Å². The van der Waals surface area contributed by atoms with E-state index in [1.54, 1.807) is 12.4 Å². The van der Waals surface area contributed by atoms with Crippen LogP contribution in [-0.4, -0.2) is 22.4 Å². The zero-order valence-electron chi connectivity index (χ0n) is 17.5. The van der Waals surface area contributed by atoms with E-state index < -0.39 is 0 Å². The largest absolute Gasteiger partial charge is 0.337 e. The highest BCUT2D eigenvalue weighted by Gasteiger charge is 2.14. The van der Waals surface area contributed by atoms with Gasteiger partial charge in [-0.2, -0.15) is 0 Å². The van der Waals surface area contributed by atoms with Crippen LogP contribution in [0.4, 0.5) is 11.6 Å². The van der Waals surface area contributed by atoms with Gasteiger partial charge in [-0.15, -0.1) is 0 Å². The van der Waals surface area contributed by atoms with Crippen molar-refractivity contribution in [2.24, 2.45) is 0 Å². The van der Waals surface area contributed by atoms with E-state index in [9.17, 15) is 4.79 Å². The van der Waals surface area contributed by atoms with Gasteiger partial charge in [-0.1, -0.05) is 63.2 Å². The molecule has 0 saturated heterocycles. The number of nitrogens with one attached hydrogen (secondary N) is 1. The lowest BCUT2D eigenvalue weighted by molar-refractivity contribution is 0.102. The Hall–Kier alpha value is -3.21. The highest BCUT2D eigenvalue weighted by molar-refractivity contribution is 6.03. The normalized spacial score (nSPS) is 11.2. The predicted octanol–water partition coefficient (Wildman–Crippen LogP) is 5.05. The topological polar surface area (TPSA) is 58.1 Å². The van der Waals surface area contributed by atoms with Crippen molar-refractivity contribution in [3.05, 3.63) is 83.7 Å². The summed E-state index contributed by atoms with van der Waals surface area (Å²) in [5.41, 5.74) is 3.69. The molecule has 0 saturated carbocycles. The Labute approximate surface area is 172 Å². The van der Waals surface area contributed by atoms with E-state index in [0.29, 0.717) is 11.5 Å². The minimum Gasteiger partial charge on any atom is -0.337 e.